The molecule has 0 aliphatic carbocycles. The van der Waals surface area contributed by atoms with E-state index in [1.54, 1.807) is 6.07 Å². The highest BCUT2D eigenvalue weighted by Gasteiger charge is 1.95. The van der Waals surface area contributed by atoms with Crippen LogP contribution in [0.2, 0.25) is 5.15 Å². The molecule has 1 aromatic rings. The predicted molar refractivity (Wildman–Crippen MR) is 49.9 cm³/mol. The summed E-state index contributed by atoms with van der Waals surface area (Å²) >= 11 is 5.67. The Morgan fingerprint density at radius 1 is 1.58 bits per heavy atom. The zero-order valence-corrected chi connectivity index (χ0v) is 7.52. The number of hydrogen-bond acceptors (Lipinski definition) is 2. The molecular weight excluding hydrogens is 172 g/mol. The monoisotopic (exact) mass is 180 g/mol. The standard InChI is InChI=1S/C9H9ClN2/c1-7-8(3-2-6-11)4-5-9(10)12-7/h4-5H,6,11H2,1H3. The molecule has 62 valence electrons. The number of aromatic nitrogens is 1. The largest absolute Gasteiger partial charge is 0.320 e. The van der Waals surface area contributed by atoms with Crippen LogP contribution in [0.25, 0.3) is 0 Å². The van der Waals surface area contributed by atoms with Crippen molar-refractivity contribution in [2.75, 3.05) is 6.54 Å². The SMILES string of the molecule is Cc1nc(Cl)ccc1C#CCN. The van der Waals surface area contributed by atoms with E-state index in [1.807, 2.05) is 13.0 Å². The third-order valence-corrected chi connectivity index (χ3v) is 1.59. The van der Waals surface area contributed by atoms with E-state index in [9.17, 15) is 0 Å². The molecule has 2 nitrogen and oxygen atoms in total. The minimum Gasteiger partial charge on any atom is -0.320 e. The molecule has 0 fully saturated rings. The Hall–Kier alpha value is -1.04. The van der Waals surface area contributed by atoms with Crippen molar-refractivity contribution in [1.82, 2.24) is 4.98 Å². The van der Waals surface area contributed by atoms with Crippen LogP contribution in [0.4, 0.5) is 0 Å². The highest BCUT2D eigenvalue weighted by Crippen LogP contribution is 2.08. The van der Waals surface area contributed by atoms with Gasteiger partial charge in [-0.1, -0.05) is 23.4 Å². The van der Waals surface area contributed by atoms with Gasteiger partial charge in [-0.15, -0.1) is 0 Å². The van der Waals surface area contributed by atoms with Gasteiger partial charge < -0.3 is 5.73 Å². The van der Waals surface area contributed by atoms with E-state index in [2.05, 4.69) is 16.8 Å². The molecular formula is C9H9ClN2. The van der Waals surface area contributed by atoms with Crippen molar-refractivity contribution in [3.05, 3.63) is 28.5 Å². The van der Waals surface area contributed by atoms with Gasteiger partial charge in [-0.3, -0.25) is 0 Å². The summed E-state index contributed by atoms with van der Waals surface area (Å²) in [5, 5.41) is 0.491. The van der Waals surface area contributed by atoms with Crippen LogP contribution in [0, 0.1) is 18.8 Å². The first-order valence-corrected chi connectivity index (χ1v) is 3.94. The van der Waals surface area contributed by atoms with Crippen molar-refractivity contribution in [1.29, 1.82) is 0 Å². The minimum absolute atomic E-state index is 0.363. The van der Waals surface area contributed by atoms with E-state index in [4.69, 9.17) is 17.3 Å². The molecule has 0 spiro atoms. The molecule has 0 unspecified atom stereocenters. The first-order chi connectivity index (χ1) is 5.74. The van der Waals surface area contributed by atoms with Gasteiger partial charge in [0.25, 0.3) is 0 Å². The lowest BCUT2D eigenvalue weighted by atomic mass is 10.2. The Labute approximate surface area is 76.8 Å². The van der Waals surface area contributed by atoms with Gasteiger partial charge in [0.2, 0.25) is 0 Å². The summed E-state index contributed by atoms with van der Waals surface area (Å²) < 4.78 is 0. The Balaban J connectivity index is 3.01. The van der Waals surface area contributed by atoms with Crippen molar-refractivity contribution in [3.63, 3.8) is 0 Å². The molecule has 2 N–H and O–H groups in total. The van der Waals surface area contributed by atoms with Gasteiger partial charge >= 0.3 is 0 Å². The van der Waals surface area contributed by atoms with Gasteiger partial charge in [-0.2, -0.15) is 0 Å². The van der Waals surface area contributed by atoms with Crippen molar-refractivity contribution in [3.8, 4) is 11.8 Å². The van der Waals surface area contributed by atoms with Gasteiger partial charge in [0.05, 0.1) is 12.2 Å². The molecule has 0 saturated heterocycles. The highest BCUT2D eigenvalue weighted by molar-refractivity contribution is 6.29. The van der Waals surface area contributed by atoms with Crippen LogP contribution < -0.4 is 5.73 Å². The molecule has 1 aromatic heterocycles. The quantitative estimate of drug-likeness (QED) is 0.484. The Kier molecular flexibility index (Phi) is 3.09. The maximum absolute atomic E-state index is 5.67. The van der Waals surface area contributed by atoms with E-state index in [0.717, 1.165) is 11.3 Å². The molecule has 1 heterocycles. The molecule has 0 aliphatic heterocycles. The second-order valence-corrected chi connectivity index (χ2v) is 2.66. The molecule has 0 saturated carbocycles. The number of nitrogens with two attached hydrogens (primary N) is 1. The van der Waals surface area contributed by atoms with Gasteiger partial charge in [-0.25, -0.2) is 4.98 Å². The number of hydrogen-bond donors (Lipinski definition) is 1. The molecule has 0 atom stereocenters. The summed E-state index contributed by atoms with van der Waals surface area (Å²) in [6, 6.07) is 3.56. The molecule has 0 bridgehead atoms. The minimum atomic E-state index is 0.363. The summed E-state index contributed by atoms with van der Waals surface area (Å²) in [4.78, 5) is 4.05. The summed E-state index contributed by atoms with van der Waals surface area (Å²) in [5.41, 5.74) is 6.95. The smallest absolute Gasteiger partial charge is 0.129 e. The lowest BCUT2D eigenvalue weighted by molar-refractivity contribution is 1.18. The zero-order chi connectivity index (χ0) is 8.97. The molecule has 0 aromatic carbocycles. The average molecular weight is 181 g/mol. The second kappa shape index (κ2) is 4.10. The van der Waals surface area contributed by atoms with Crippen molar-refractivity contribution >= 4 is 11.6 Å². The maximum Gasteiger partial charge on any atom is 0.129 e. The Morgan fingerprint density at radius 3 is 2.92 bits per heavy atom. The van der Waals surface area contributed by atoms with Crippen LogP contribution >= 0.6 is 11.6 Å². The van der Waals surface area contributed by atoms with Crippen LogP contribution in [0.1, 0.15) is 11.3 Å². The molecule has 0 amide bonds. The fraction of sp³-hybridized carbons (Fsp3) is 0.222. The summed E-state index contributed by atoms with van der Waals surface area (Å²) in [6.45, 7) is 2.23. The third kappa shape index (κ3) is 2.23. The number of aryl methyl sites for hydroxylation is 1. The maximum atomic E-state index is 5.67. The fourth-order valence-corrected chi connectivity index (χ4v) is 0.999. The van der Waals surface area contributed by atoms with Gasteiger partial charge in [0, 0.05) is 5.56 Å². The van der Waals surface area contributed by atoms with E-state index in [-0.39, 0.29) is 0 Å². The predicted octanol–water partition coefficient (Wildman–Crippen LogP) is 1.35. The van der Waals surface area contributed by atoms with Crippen LogP contribution in [-0.4, -0.2) is 11.5 Å². The summed E-state index contributed by atoms with van der Waals surface area (Å²) in [6.07, 6.45) is 0. The van der Waals surface area contributed by atoms with E-state index < -0.39 is 0 Å². The van der Waals surface area contributed by atoms with Crippen LogP contribution in [0.3, 0.4) is 0 Å². The van der Waals surface area contributed by atoms with Gasteiger partial charge in [-0.05, 0) is 19.1 Å². The number of nitrogens with zero attached hydrogens (tertiary/aromatic N) is 1. The average Bonchev–Trinajstić information content (AvgIpc) is 2.03. The third-order valence-electron chi connectivity index (χ3n) is 1.38. The molecule has 0 radical (unpaired) electrons. The summed E-state index contributed by atoms with van der Waals surface area (Å²) in [5.74, 6) is 5.66. The van der Waals surface area contributed by atoms with Gasteiger partial charge in [0.15, 0.2) is 0 Å². The topological polar surface area (TPSA) is 38.9 Å². The van der Waals surface area contributed by atoms with Crippen molar-refractivity contribution in [2.24, 2.45) is 5.73 Å². The second-order valence-electron chi connectivity index (χ2n) is 2.27. The van der Waals surface area contributed by atoms with Crippen LogP contribution in [0.15, 0.2) is 12.1 Å². The van der Waals surface area contributed by atoms with Crippen molar-refractivity contribution in [2.45, 2.75) is 6.92 Å². The molecule has 0 aliphatic rings. The van der Waals surface area contributed by atoms with E-state index in [0.29, 0.717) is 11.7 Å². The molecule has 1 rings (SSSR count). The number of halogens is 1. The lowest BCUT2D eigenvalue weighted by Gasteiger charge is -1.96. The van der Waals surface area contributed by atoms with Crippen LogP contribution in [0.5, 0.6) is 0 Å². The first kappa shape index (κ1) is 9.05. The Morgan fingerprint density at radius 2 is 2.33 bits per heavy atom. The van der Waals surface area contributed by atoms with Gasteiger partial charge in [0.1, 0.15) is 5.15 Å². The zero-order valence-electron chi connectivity index (χ0n) is 6.76. The Bertz CT molecular complexity index is 336. The number of rotatable bonds is 0. The van der Waals surface area contributed by atoms with Crippen LogP contribution in [-0.2, 0) is 0 Å². The number of pyridine rings is 1. The lowest BCUT2D eigenvalue weighted by Crippen LogP contribution is -1.94. The van der Waals surface area contributed by atoms with E-state index >= 15 is 0 Å². The first-order valence-electron chi connectivity index (χ1n) is 3.56. The fourth-order valence-electron chi connectivity index (χ4n) is 0.809. The normalized spacial score (nSPS) is 8.92. The molecule has 3 heteroatoms. The molecule has 12 heavy (non-hydrogen) atoms. The summed E-state index contributed by atoms with van der Waals surface area (Å²) in [7, 11) is 0. The van der Waals surface area contributed by atoms with Crippen molar-refractivity contribution < 1.29 is 0 Å². The van der Waals surface area contributed by atoms with E-state index in [1.165, 1.54) is 0 Å². The highest BCUT2D eigenvalue weighted by atomic mass is 35.5.